The number of halogens is 5. The summed E-state index contributed by atoms with van der Waals surface area (Å²) in [7, 11) is 1.27. The van der Waals surface area contributed by atoms with Gasteiger partial charge in [0.05, 0.1) is 53.3 Å². The van der Waals surface area contributed by atoms with E-state index in [-0.39, 0.29) is 74.7 Å². The summed E-state index contributed by atoms with van der Waals surface area (Å²) in [5, 5.41) is -0.0275. The first-order chi connectivity index (χ1) is 14.7. The second-order valence-electron chi connectivity index (χ2n) is 6.04. The Hall–Kier alpha value is -0.860. The van der Waals surface area contributed by atoms with E-state index >= 15 is 0 Å². The number of ketones is 2. The largest absolute Gasteiger partial charge is 0.469 e. The Bertz CT molecular complexity index is 1120. The Morgan fingerprint density at radius 1 is 0.839 bits per heavy atom. The predicted molar refractivity (Wildman–Crippen MR) is 129 cm³/mol. The number of carbonyl (C=O) groups excluding carboxylic acids is 3. The molecule has 0 N–H and O–H groups in total. The molecule has 0 saturated carbocycles. The molecule has 0 amide bonds. The number of thioether (sulfide) groups is 2. The molecule has 0 heterocycles. The van der Waals surface area contributed by atoms with Crippen molar-refractivity contribution < 1.29 is 19.1 Å². The Kier molecular flexibility index (Phi) is 8.30. The maximum absolute atomic E-state index is 13.3. The number of allylic oxidation sites excluding steroid dienone is 2. The summed E-state index contributed by atoms with van der Waals surface area (Å²) in [5.41, 5.74) is 0.535. The monoisotopic (exact) mass is 554 g/mol. The fourth-order valence-corrected chi connectivity index (χ4v) is 6.37. The maximum atomic E-state index is 13.3. The average Bonchev–Trinajstić information content (AvgIpc) is 2.78. The fourth-order valence-electron chi connectivity index (χ4n) is 2.67. The van der Waals surface area contributed by atoms with Gasteiger partial charge in [0.15, 0.2) is 0 Å². The lowest BCUT2D eigenvalue weighted by Gasteiger charge is -2.21. The zero-order valence-electron chi connectivity index (χ0n) is 15.6. The molecule has 1 aliphatic carbocycles. The molecule has 0 radical (unpaired) electrons. The highest BCUT2D eigenvalue weighted by Crippen LogP contribution is 2.51. The van der Waals surface area contributed by atoms with Crippen molar-refractivity contribution in [2.24, 2.45) is 0 Å². The molecule has 11 heteroatoms. The van der Waals surface area contributed by atoms with Crippen LogP contribution in [0.2, 0.25) is 25.1 Å². The Balaban J connectivity index is 2.11. The molecule has 0 aromatic heterocycles. The minimum absolute atomic E-state index is 0.0107. The third kappa shape index (κ3) is 4.91. The molecule has 162 valence electrons. The second kappa shape index (κ2) is 10.4. The van der Waals surface area contributed by atoms with E-state index in [1.165, 1.54) is 7.11 Å². The van der Waals surface area contributed by atoms with Crippen molar-refractivity contribution in [2.75, 3.05) is 12.9 Å². The van der Waals surface area contributed by atoms with Crippen LogP contribution in [0.4, 0.5) is 0 Å². The maximum Gasteiger partial charge on any atom is 0.306 e. The van der Waals surface area contributed by atoms with E-state index in [0.717, 1.165) is 23.5 Å². The highest BCUT2D eigenvalue weighted by molar-refractivity contribution is 8.08. The summed E-state index contributed by atoms with van der Waals surface area (Å²) < 4.78 is 4.63. The molecular formula is C20H11Cl5O4S2. The van der Waals surface area contributed by atoms with E-state index in [2.05, 4.69) is 4.74 Å². The normalized spacial score (nSPS) is 13.5. The van der Waals surface area contributed by atoms with Crippen LogP contribution in [0, 0.1) is 0 Å². The average molecular weight is 557 g/mol. The van der Waals surface area contributed by atoms with Crippen molar-refractivity contribution in [3.05, 3.63) is 70.3 Å². The molecule has 2 aromatic carbocycles. The fraction of sp³-hybridized carbons (Fsp3) is 0.150. The molecule has 0 unspecified atom stereocenters. The van der Waals surface area contributed by atoms with Gasteiger partial charge in [0.2, 0.25) is 11.6 Å². The third-order valence-electron chi connectivity index (χ3n) is 4.19. The lowest BCUT2D eigenvalue weighted by molar-refractivity contribution is -0.140. The SMILES string of the molecule is COC(=O)CCSC1=C(Sc2c(Cl)c(Cl)c(Cl)c(Cl)c2Cl)C(=O)c2ccccc2C1=O. The van der Waals surface area contributed by atoms with Gasteiger partial charge in [0.1, 0.15) is 0 Å². The Morgan fingerprint density at radius 3 is 1.84 bits per heavy atom. The number of ether oxygens (including phenoxy) is 1. The number of hydrogen-bond donors (Lipinski definition) is 0. The summed E-state index contributed by atoms with van der Waals surface area (Å²) in [5.74, 6) is -0.919. The predicted octanol–water partition coefficient (Wildman–Crippen LogP) is 7.63. The number of carbonyl (C=O) groups is 3. The molecule has 4 nitrogen and oxygen atoms in total. The topological polar surface area (TPSA) is 60.4 Å². The van der Waals surface area contributed by atoms with Crippen LogP contribution in [0.3, 0.4) is 0 Å². The van der Waals surface area contributed by atoms with Gasteiger partial charge < -0.3 is 4.74 Å². The number of Topliss-reactive ketones (excluding diaryl/α,β-unsaturated/α-hetero) is 2. The van der Waals surface area contributed by atoms with Gasteiger partial charge in [-0.15, -0.1) is 11.8 Å². The van der Waals surface area contributed by atoms with Gasteiger partial charge in [0.25, 0.3) is 0 Å². The van der Waals surface area contributed by atoms with Crippen molar-refractivity contribution in [2.45, 2.75) is 11.3 Å². The Morgan fingerprint density at radius 2 is 1.32 bits per heavy atom. The molecule has 0 spiro atoms. The van der Waals surface area contributed by atoms with E-state index in [4.69, 9.17) is 58.0 Å². The van der Waals surface area contributed by atoms with E-state index in [1.54, 1.807) is 24.3 Å². The van der Waals surface area contributed by atoms with Crippen LogP contribution in [0.15, 0.2) is 39.0 Å². The molecule has 0 bridgehead atoms. The van der Waals surface area contributed by atoms with Crippen LogP contribution in [0.1, 0.15) is 27.1 Å². The third-order valence-corrected chi connectivity index (χ3v) is 9.11. The summed E-state index contributed by atoms with van der Waals surface area (Å²) in [6, 6.07) is 6.48. The highest BCUT2D eigenvalue weighted by Gasteiger charge is 2.34. The zero-order chi connectivity index (χ0) is 22.9. The smallest absolute Gasteiger partial charge is 0.306 e. The van der Waals surface area contributed by atoms with Gasteiger partial charge in [-0.1, -0.05) is 94.0 Å². The van der Waals surface area contributed by atoms with E-state index in [0.29, 0.717) is 0 Å². The molecule has 31 heavy (non-hydrogen) atoms. The second-order valence-corrected chi connectivity index (χ2v) is 10.1. The van der Waals surface area contributed by atoms with Gasteiger partial charge in [-0.2, -0.15) is 0 Å². The standard InChI is InChI=1S/C20H11Cl5O4S2/c1-29-10(26)6-7-30-19-16(27)8-4-2-3-5-9(8)17(28)20(19)31-18-14(24)12(22)11(21)13(23)15(18)25/h2-5H,6-7H2,1H3. The molecule has 2 aromatic rings. The quantitative estimate of drug-likeness (QED) is 0.207. The molecule has 0 atom stereocenters. The van der Waals surface area contributed by atoms with Crippen molar-refractivity contribution in [3.8, 4) is 0 Å². The van der Waals surface area contributed by atoms with Crippen molar-refractivity contribution >= 4 is 99.1 Å². The summed E-state index contributed by atoms with van der Waals surface area (Å²) >= 11 is 32.9. The highest BCUT2D eigenvalue weighted by atomic mass is 35.5. The minimum atomic E-state index is -0.431. The molecule has 3 rings (SSSR count). The van der Waals surface area contributed by atoms with E-state index < -0.39 is 5.97 Å². The molecule has 1 aliphatic rings. The van der Waals surface area contributed by atoms with Crippen LogP contribution >= 0.6 is 81.5 Å². The lowest BCUT2D eigenvalue weighted by atomic mass is 9.94. The first-order valence-corrected chi connectivity index (χ1v) is 12.2. The van der Waals surface area contributed by atoms with Crippen molar-refractivity contribution in [1.82, 2.24) is 0 Å². The van der Waals surface area contributed by atoms with Crippen LogP contribution in [0.25, 0.3) is 0 Å². The van der Waals surface area contributed by atoms with Crippen LogP contribution < -0.4 is 0 Å². The summed E-state index contributed by atoms with van der Waals surface area (Å²) in [4.78, 5) is 38.4. The zero-order valence-corrected chi connectivity index (χ0v) is 21.0. The van der Waals surface area contributed by atoms with Gasteiger partial charge in [-0.3, -0.25) is 14.4 Å². The number of hydrogen-bond acceptors (Lipinski definition) is 6. The van der Waals surface area contributed by atoms with Gasteiger partial charge in [-0.05, 0) is 0 Å². The lowest BCUT2D eigenvalue weighted by Crippen LogP contribution is -2.20. The number of benzene rings is 2. The van der Waals surface area contributed by atoms with Crippen LogP contribution in [-0.4, -0.2) is 30.4 Å². The minimum Gasteiger partial charge on any atom is -0.469 e. The van der Waals surface area contributed by atoms with Gasteiger partial charge in [-0.25, -0.2) is 0 Å². The van der Waals surface area contributed by atoms with Crippen LogP contribution in [-0.2, 0) is 9.53 Å². The summed E-state index contributed by atoms with van der Waals surface area (Å²) in [6.45, 7) is 0. The Labute approximate surface area is 211 Å². The number of fused-ring (bicyclic) bond motifs is 1. The molecule has 0 fully saturated rings. The summed E-state index contributed by atoms with van der Waals surface area (Å²) in [6.07, 6.45) is 0.0614. The van der Waals surface area contributed by atoms with Crippen molar-refractivity contribution in [1.29, 1.82) is 0 Å². The van der Waals surface area contributed by atoms with E-state index in [9.17, 15) is 14.4 Å². The molecule has 0 saturated heterocycles. The first-order valence-electron chi connectivity index (χ1n) is 8.50. The number of rotatable bonds is 6. The van der Waals surface area contributed by atoms with E-state index in [1.807, 2.05) is 0 Å². The number of methoxy groups -OCH3 is 1. The molecular weight excluding hydrogens is 546 g/mol. The number of esters is 1. The van der Waals surface area contributed by atoms with Gasteiger partial charge >= 0.3 is 5.97 Å². The molecule has 0 aliphatic heterocycles. The van der Waals surface area contributed by atoms with Crippen LogP contribution in [0.5, 0.6) is 0 Å². The van der Waals surface area contributed by atoms with Gasteiger partial charge in [0, 0.05) is 16.9 Å². The van der Waals surface area contributed by atoms with Crippen molar-refractivity contribution in [3.63, 3.8) is 0 Å². The first kappa shape index (κ1) is 24.8.